The molecule has 0 aliphatic heterocycles. The molecule has 138 valence electrons. The van der Waals surface area contributed by atoms with Crippen LogP contribution < -0.4 is 10.6 Å². The van der Waals surface area contributed by atoms with E-state index in [1.807, 2.05) is 19.2 Å². The molecule has 0 saturated carbocycles. The van der Waals surface area contributed by atoms with Crippen molar-refractivity contribution >= 4 is 40.6 Å². The monoisotopic (exact) mass is 394 g/mol. The van der Waals surface area contributed by atoms with Gasteiger partial charge in [0.1, 0.15) is 0 Å². The predicted octanol–water partition coefficient (Wildman–Crippen LogP) is 2.77. The van der Waals surface area contributed by atoms with Gasteiger partial charge in [-0.2, -0.15) is 0 Å². The lowest BCUT2D eigenvalue weighted by atomic mass is 10.2. The van der Waals surface area contributed by atoms with E-state index in [4.69, 9.17) is 0 Å². The smallest absolute Gasteiger partial charge is 0.284 e. The van der Waals surface area contributed by atoms with Crippen molar-refractivity contribution in [2.75, 3.05) is 13.1 Å². The predicted molar refractivity (Wildman–Crippen MR) is 99.7 cm³/mol. The van der Waals surface area contributed by atoms with Gasteiger partial charge in [-0.15, -0.1) is 11.3 Å². The van der Waals surface area contributed by atoms with Gasteiger partial charge in [0, 0.05) is 29.2 Å². The molecule has 2 amide bonds. The van der Waals surface area contributed by atoms with Crippen molar-refractivity contribution in [3.8, 4) is 0 Å². The zero-order chi connectivity index (χ0) is 19.1. The number of nitro benzene ring substituents is 1. The molecule has 26 heavy (non-hydrogen) atoms. The Morgan fingerprint density at radius 3 is 2.73 bits per heavy atom. The van der Waals surface area contributed by atoms with E-state index in [9.17, 15) is 19.7 Å². The molecule has 8 nitrogen and oxygen atoms in total. The van der Waals surface area contributed by atoms with Gasteiger partial charge in [-0.3, -0.25) is 19.7 Å². The summed E-state index contributed by atoms with van der Waals surface area (Å²) in [6.07, 6.45) is 0.795. The number of nitrogens with zero attached hydrogens (tertiary/aromatic N) is 2. The minimum Gasteiger partial charge on any atom is -0.355 e. The van der Waals surface area contributed by atoms with Gasteiger partial charge < -0.3 is 10.6 Å². The molecule has 1 heterocycles. The zero-order valence-electron chi connectivity index (χ0n) is 14.3. The van der Waals surface area contributed by atoms with Crippen molar-refractivity contribution in [2.45, 2.75) is 29.5 Å². The summed E-state index contributed by atoms with van der Waals surface area (Å²) in [4.78, 5) is 39.2. The van der Waals surface area contributed by atoms with Crippen molar-refractivity contribution < 1.29 is 14.5 Å². The Bertz CT molecular complexity index is 822. The topological polar surface area (TPSA) is 114 Å². The summed E-state index contributed by atoms with van der Waals surface area (Å²) >= 11 is 2.58. The van der Waals surface area contributed by atoms with Crippen LogP contribution >= 0.6 is 23.1 Å². The summed E-state index contributed by atoms with van der Waals surface area (Å²) in [6, 6.07) is 4.22. The summed E-state index contributed by atoms with van der Waals surface area (Å²) in [7, 11) is 0. The molecule has 0 atom stereocenters. The molecular formula is C16H18N4O4S2. The zero-order valence-corrected chi connectivity index (χ0v) is 15.9. The summed E-state index contributed by atoms with van der Waals surface area (Å²) < 4.78 is 0.690. The van der Waals surface area contributed by atoms with Crippen LogP contribution in [0.3, 0.4) is 0 Å². The molecule has 2 N–H and O–H groups in total. The number of amides is 2. The number of carbonyl (C=O) groups excluding carboxylic acids is 2. The van der Waals surface area contributed by atoms with E-state index in [1.54, 1.807) is 0 Å². The first-order chi connectivity index (χ1) is 12.4. The number of aryl methyl sites for hydroxylation is 1. The number of thiazole rings is 1. The summed E-state index contributed by atoms with van der Waals surface area (Å²) in [6.45, 7) is 4.12. The first kappa shape index (κ1) is 19.9. The lowest BCUT2D eigenvalue weighted by Gasteiger charge is -2.07. The van der Waals surface area contributed by atoms with Crippen molar-refractivity contribution in [3.63, 3.8) is 0 Å². The van der Waals surface area contributed by atoms with Gasteiger partial charge in [-0.1, -0.05) is 18.7 Å². The van der Waals surface area contributed by atoms with Crippen LogP contribution in [0.4, 0.5) is 5.69 Å². The van der Waals surface area contributed by atoms with Crippen LogP contribution in [0, 0.1) is 17.0 Å². The largest absolute Gasteiger partial charge is 0.355 e. The van der Waals surface area contributed by atoms with Crippen LogP contribution in [0.5, 0.6) is 0 Å². The molecule has 1 aromatic carbocycles. The third-order valence-corrected chi connectivity index (χ3v) is 5.32. The number of hydrogen-bond donors (Lipinski definition) is 2. The lowest BCUT2D eigenvalue weighted by molar-refractivity contribution is -0.387. The van der Waals surface area contributed by atoms with E-state index in [2.05, 4.69) is 15.6 Å². The number of nitro groups is 1. The van der Waals surface area contributed by atoms with E-state index in [-0.39, 0.29) is 23.7 Å². The maximum absolute atomic E-state index is 12.1. The Kier molecular flexibility index (Phi) is 7.10. The minimum atomic E-state index is -0.540. The highest BCUT2D eigenvalue weighted by molar-refractivity contribution is 8.01. The molecule has 0 aliphatic rings. The van der Waals surface area contributed by atoms with E-state index >= 15 is 0 Å². The van der Waals surface area contributed by atoms with Gasteiger partial charge >= 0.3 is 0 Å². The second kappa shape index (κ2) is 9.30. The highest BCUT2D eigenvalue weighted by Gasteiger charge is 2.19. The van der Waals surface area contributed by atoms with Gasteiger partial charge in [0.05, 0.1) is 16.4 Å². The lowest BCUT2D eigenvalue weighted by Crippen LogP contribution is -2.37. The fourth-order valence-corrected chi connectivity index (χ4v) is 3.83. The average Bonchev–Trinajstić information content (AvgIpc) is 3.02. The van der Waals surface area contributed by atoms with E-state index in [1.165, 1.54) is 41.3 Å². The van der Waals surface area contributed by atoms with Crippen LogP contribution in [-0.4, -0.2) is 34.8 Å². The van der Waals surface area contributed by atoms with Crippen molar-refractivity contribution in [3.05, 3.63) is 45.0 Å². The molecule has 1 aromatic heterocycles. The van der Waals surface area contributed by atoms with Crippen LogP contribution in [-0.2, 0) is 4.79 Å². The molecular weight excluding hydrogens is 376 g/mol. The van der Waals surface area contributed by atoms with E-state index in [0.29, 0.717) is 15.8 Å². The molecule has 0 bridgehead atoms. The van der Waals surface area contributed by atoms with Crippen molar-refractivity contribution in [2.24, 2.45) is 0 Å². The SMILES string of the molecule is CCCNC(=O)CNC(=O)c1ccc(Sc2nc(C)cs2)c([N+](=O)[O-])c1. The molecule has 0 unspecified atom stereocenters. The molecule has 0 spiro atoms. The normalized spacial score (nSPS) is 10.4. The van der Waals surface area contributed by atoms with Gasteiger partial charge in [-0.25, -0.2) is 4.98 Å². The van der Waals surface area contributed by atoms with Crippen LogP contribution in [0.2, 0.25) is 0 Å². The first-order valence-electron chi connectivity index (χ1n) is 7.84. The standard InChI is InChI=1S/C16H18N4O4S2/c1-3-6-17-14(21)8-18-15(22)11-4-5-13(12(7-11)20(23)24)26-16-19-10(2)9-25-16/h4-5,7,9H,3,6,8H2,1-2H3,(H,17,21)(H,18,22). The number of aromatic nitrogens is 1. The van der Waals surface area contributed by atoms with E-state index < -0.39 is 10.8 Å². The highest BCUT2D eigenvalue weighted by atomic mass is 32.2. The van der Waals surface area contributed by atoms with Crippen molar-refractivity contribution in [1.29, 1.82) is 0 Å². The number of benzene rings is 1. The third kappa shape index (κ3) is 5.53. The Balaban J connectivity index is 2.10. The number of hydrogen-bond acceptors (Lipinski definition) is 7. The third-order valence-electron chi connectivity index (χ3n) is 3.19. The van der Waals surface area contributed by atoms with E-state index in [0.717, 1.165) is 12.1 Å². The second-order valence-electron chi connectivity index (χ2n) is 5.33. The van der Waals surface area contributed by atoms with Crippen LogP contribution in [0.1, 0.15) is 29.4 Å². The van der Waals surface area contributed by atoms with Crippen LogP contribution in [0.25, 0.3) is 0 Å². The van der Waals surface area contributed by atoms with Gasteiger partial charge in [0.25, 0.3) is 11.6 Å². The number of rotatable bonds is 8. The summed E-state index contributed by atoms with van der Waals surface area (Å²) in [5, 5.41) is 18.3. The van der Waals surface area contributed by atoms with Crippen molar-refractivity contribution in [1.82, 2.24) is 15.6 Å². The Hall–Kier alpha value is -2.46. The molecule has 0 saturated heterocycles. The van der Waals surface area contributed by atoms with Gasteiger partial charge in [0.15, 0.2) is 4.34 Å². The fourth-order valence-electron chi connectivity index (χ4n) is 1.95. The summed E-state index contributed by atoms with van der Waals surface area (Å²) in [5.74, 6) is -0.845. The second-order valence-corrected chi connectivity index (χ2v) is 7.48. The quantitative estimate of drug-likeness (QED) is 0.526. The Morgan fingerprint density at radius 2 is 2.12 bits per heavy atom. The minimum absolute atomic E-state index is 0.125. The summed E-state index contributed by atoms with van der Waals surface area (Å²) in [5.41, 5.74) is 0.795. The highest BCUT2D eigenvalue weighted by Crippen LogP contribution is 2.36. The number of carbonyl (C=O) groups is 2. The Labute approximate surface area is 158 Å². The maximum atomic E-state index is 12.1. The Morgan fingerprint density at radius 1 is 1.35 bits per heavy atom. The number of nitrogens with one attached hydrogen (secondary N) is 2. The molecule has 10 heteroatoms. The van der Waals surface area contributed by atoms with Gasteiger partial charge in [0.2, 0.25) is 5.91 Å². The molecule has 2 aromatic rings. The molecule has 0 aliphatic carbocycles. The molecule has 2 rings (SSSR count). The van der Waals surface area contributed by atoms with Crippen LogP contribution in [0.15, 0.2) is 32.8 Å². The van der Waals surface area contributed by atoms with Gasteiger partial charge in [-0.05, 0) is 25.5 Å². The molecule has 0 radical (unpaired) electrons. The first-order valence-corrected chi connectivity index (χ1v) is 9.53. The maximum Gasteiger partial charge on any atom is 0.284 e. The molecule has 0 fully saturated rings. The fraction of sp³-hybridized carbons (Fsp3) is 0.312. The average molecular weight is 394 g/mol.